The van der Waals surface area contributed by atoms with E-state index in [0.29, 0.717) is 25.9 Å². The van der Waals surface area contributed by atoms with E-state index in [1.54, 1.807) is 29.1 Å². The third-order valence-electron chi connectivity index (χ3n) is 6.57. The SMILES string of the molecule is CN1C(=O)C2(CCN(CC(F)F)CC2)c2c1cnc1ccc(-c3ccc(F)nc3)cc21. The van der Waals surface area contributed by atoms with Gasteiger partial charge in [-0.2, -0.15) is 4.39 Å². The molecule has 1 amide bonds. The van der Waals surface area contributed by atoms with Crippen molar-refractivity contribution in [2.24, 2.45) is 0 Å². The number of hydrogen-bond acceptors (Lipinski definition) is 4. The number of nitrogens with zero attached hydrogens (tertiary/aromatic N) is 4. The van der Waals surface area contributed by atoms with Gasteiger partial charge in [-0.1, -0.05) is 6.07 Å². The van der Waals surface area contributed by atoms with Gasteiger partial charge in [-0.25, -0.2) is 13.8 Å². The number of anilines is 1. The summed E-state index contributed by atoms with van der Waals surface area (Å²) >= 11 is 0. The average Bonchev–Trinajstić information content (AvgIpc) is 2.97. The van der Waals surface area contributed by atoms with Crippen molar-refractivity contribution in [2.75, 3.05) is 31.6 Å². The third-order valence-corrected chi connectivity index (χ3v) is 6.57. The Kier molecular flexibility index (Phi) is 4.69. The van der Waals surface area contributed by atoms with Gasteiger partial charge >= 0.3 is 0 Å². The van der Waals surface area contributed by atoms with Crippen molar-refractivity contribution in [1.82, 2.24) is 14.9 Å². The third kappa shape index (κ3) is 3.17. The fourth-order valence-electron chi connectivity index (χ4n) is 4.98. The van der Waals surface area contributed by atoms with E-state index in [2.05, 4.69) is 9.97 Å². The molecule has 5 nitrogen and oxygen atoms in total. The van der Waals surface area contributed by atoms with Crippen LogP contribution in [0.1, 0.15) is 18.4 Å². The molecule has 5 rings (SSSR count). The zero-order valence-corrected chi connectivity index (χ0v) is 17.0. The number of amides is 1. The summed E-state index contributed by atoms with van der Waals surface area (Å²) in [7, 11) is 1.74. The zero-order valence-electron chi connectivity index (χ0n) is 17.0. The number of alkyl halides is 2. The van der Waals surface area contributed by atoms with E-state index in [1.807, 2.05) is 18.2 Å². The van der Waals surface area contributed by atoms with Gasteiger partial charge in [-0.05, 0) is 55.8 Å². The molecule has 2 aliphatic heterocycles. The number of rotatable bonds is 3. The molecule has 2 aliphatic rings. The minimum absolute atomic E-state index is 0.0117. The summed E-state index contributed by atoms with van der Waals surface area (Å²) in [6.45, 7) is 0.606. The smallest absolute Gasteiger partial charge is 0.251 e. The molecule has 0 bridgehead atoms. The van der Waals surface area contributed by atoms with Gasteiger partial charge in [0.2, 0.25) is 11.9 Å². The zero-order chi connectivity index (χ0) is 21.8. The lowest BCUT2D eigenvalue weighted by atomic mass is 9.72. The van der Waals surface area contributed by atoms with E-state index < -0.39 is 17.8 Å². The van der Waals surface area contributed by atoms with Crippen LogP contribution in [-0.2, 0) is 10.2 Å². The van der Waals surface area contributed by atoms with Crippen molar-refractivity contribution in [3.05, 3.63) is 54.2 Å². The Balaban J connectivity index is 1.63. The standard InChI is InChI=1S/C23H21F3N4O/c1-29-18-12-27-17-4-2-14(15-3-5-20(26)28-11-15)10-16(17)21(18)23(22(29)31)6-8-30(9-7-23)13-19(24)25/h2-5,10-12,19H,6-9,13H2,1H3. The molecule has 1 fully saturated rings. The van der Waals surface area contributed by atoms with E-state index in [4.69, 9.17) is 0 Å². The molecule has 1 saturated heterocycles. The number of carbonyl (C=O) groups is 1. The molecule has 0 radical (unpaired) electrons. The Bertz CT molecular complexity index is 1160. The highest BCUT2D eigenvalue weighted by Gasteiger charge is 2.52. The van der Waals surface area contributed by atoms with Gasteiger partial charge in [0.15, 0.2) is 0 Å². The number of likely N-dealkylation sites (tertiary alicyclic amines) is 1. The van der Waals surface area contributed by atoms with Gasteiger partial charge in [0.25, 0.3) is 6.43 Å². The molecule has 0 saturated carbocycles. The number of benzene rings is 1. The second-order valence-electron chi connectivity index (χ2n) is 8.26. The van der Waals surface area contributed by atoms with Gasteiger partial charge < -0.3 is 4.90 Å². The molecule has 1 spiro atoms. The predicted octanol–water partition coefficient (Wildman–Crippen LogP) is 4.01. The molecule has 0 N–H and O–H groups in total. The quantitative estimate of drug-likeness (QED) is 0.594. The fraction of sp³-hybridized carbons (Fsp3) is 0.348. The van der Waals surface area contributed by atoms with E-state index in [1.165, 1.54) is 12.3 Å². The molecule has 1 aromatic carbocycles. The molecule has 3 aromatic rings. The van der Waals surface area contributed by atoms with Crippen LogP contribution in [0.15, 0.2) is 42.7 Å². The minimum Gasteiger partial charge on any atom is -0.313 e. The number of fused-ring (bicyclic) bond motifs is 4. The summed E-state index contributed by atoms with van der Waals surface area (Å²) in [6, 6.07) is 8.72. The summed E-state index contributed by atoms with van der Waals surface area (Å²) in [4.78, 5) is 25.0. The summed E-state index contributed by atoms with van der Waals surface area (Å²) in [5.74, 6) is -0.559. The maximum atomic E-state index is 13.4. The van der Waals surface area contributed by atoms with Gasteiger partial charge in [0, 0.05) is 29.8 Å². The van der Waals surface area contributed by atoms with E-state index >= 15 is 0 Å². The van der Waals surface area contributed by atoms with E-state index in [0.717, 1.165) is 33.3 Å². The van der Waals surface area contributed by atoms with Crippen LogP contribution < -0.4 is 4.90 Å². The van der Waals surface area contributed by atoms with Crippen LogP contribution in [0.5, 0.6) is 0 Å². The number of pyridine rings is 2. The predicted molar refractivity (Wildman–Crippen MR) is 112 cm³/mol. The maximum absolute atomic E-state index is 13.4. The van der Waals surface area contributed by atoms with Crippen molar-refractivity contribution in [2.45, 2.75) is 24.7 Å². The van der Waals surface area contributed by atoms with Gasteiger partial charge in [-0.3, -0.25) is 14.7 Å². The summed E-state index contributed by atoms with van der Waals surface area (Å²) < 4.78 is 39.0. The Hall–Kier alpha value is -3.00. The van der Waals surface area contributed by atoms with Crippen LogP contribution >= 0.6 is 0 Å². The Morgan fingerprint density at radius 2 is 1.81 bits per heavy atom. The number of piperidine rings is 1. The van der Waals surface area contributed by atoms with E-state index in [9.17, 15) is 18.0 Å². The second kappa shape index (κ2) is 7.30. The highest BCUT2D eigenvalue weighted by molar-refractivity contribution is 6.12. The first-order valence-electron chi connectivity index (χ1n) is 10.2. The summed E-state index contributed by atoms with van der Waals surface area (Å²) in [5.41, 5.74) is 3.30. The molecule has 0 aliphatic carbocycles. The molecule has 160 valence electrons. The van der Waals surface area contributed by atoms with Crippen molar-refractivity contribution in [3.8, 4) is 11.1 Å². The van der Waals surface area contributed by atoms with Crippen LogP contribution in [-0.4, -0.2) is 53.9 Å². The number of carbonyl (C=O) groups excluding carboxylic acids is 1. The first-order valence-corrected chi connectivity index (χ1v) is 10.2. The first kappa shape index (κ1) is 19.9. The maximum Gasteiger partial charge on any atom is 0.251 e. The fourth-order valence-corrected chi connectivity index (χ4v) is 4.98. The first-order chi connectivity index (χ1) is 14.9. The van der Waals surface area contributed by atoms with Crippen LogP contribution in [0.25, 0.3) is 22.0 Å². The number of aromatic nitrogens is 2. The Morgan fingerprint density at radius 3 is 2.48 bits per heavy atom. The van der Waals surface area contributed by atoms with Crippen LogP contribution in [0.3, 0.4) is 0 Å². The van der Waals surface area contributed by atoms with Crippen LogP contribution in [0, 0.1) is 5.95 Å². The van der Waals surface area contributed by atoms with Gasteiger partial charge in [0.1, 0.15) is 0 Å². The lowest BCUT2D eigenvalue weighted by Gasteiger charge is -2.38. The highest BCUT2D eigenvalue weighted by atomic mass is 19.3. The topological polar surface area (TPSA) is 49.3 Å². The molecular weight excluding hydrogens is 405 g/mol. The lowest BCUT2D eigenvalue weighted by Crippen LogP contribution is -2.49. The van der Waals surface area contributed by atoms with Crippen LogP contribution in [0.2, 0.25) is 0 Å². The Labute approximate surface area is 177 Å². The normalized spacial score (nSPS) is 18.4. The summed E-state index contributed by atoms with van der Waals surface area (Å²) in [6.07, 6.45) is 1.77. The van der Waals surface area contributed by atoms with Crippen molar-refractivity contribution >= 4 is 22.5 Å². The number of hydrogen-bond donors (Lipinski definition) is 0. The molecule has 4 heterocycles. The number of halogens is 3. The molecule has 8 heteroatoms. The molecule has 31 heavy (non-hydrogen) atoms. The van der Waals surface area contributed by atoms with Crippen molar-refractivity contribution in [1.29, 1.82) is 0 Å². The molecule has 0 atom stereocenters. The largest absolute Gasteiger partial charge is 0.313 e. The number of likely N-dealkylation sites (N-methyl/N-ethyl adjacent to an activating group) is 1. The minimum atomic E-state index is -2.39. The van der Waals surface area contributed by atoms with Gasteiger partial charge in [-0.15, -0.1) is 0 Å². The monoisotopic (exact) mass is 426 g/mol. The summed E-state index contributed by atoms with van der Waals surface area (Å²) in [5, 5.41) is 0.860. The second-order valence-corrected chi connectivity index (χ2v) is 8.26. The highest BCUT2D eigenvalue weighted by Crippen LogP contribution is 2.50. The van der Waals surface area contributed by atoms with Crippen molar-refractivity contribution in [3.63, 3.8) is 0 Å². The molecule has 0 unspecified atom stereocenters. The van der Waals surface area contributed by atoms with E-state index in [-0.39, 0.29) is 12.5 Å². The Morgan fingerprint density at radius 1 is 1.06 bits per heavy atom. The van der Waals surface area contributed by atoms with Crippen molar-refractivity contribution < 1.29 is 18.0 Å². The lowest BCUT2D eigenvalue weighted by molar-refractivity contribution is -0.124. The van der Waals surface area contributed by atoms with Gasteiger partial charge in [0.05, 0.1) is 29.4 Å². The molecule has 2 aromatic heterocycles. The molecular formula is C23H21F3N4O. The van der Waals surface area contributed by atoms with Crippen LogP contribution in [0.4, 0.5) is 18.9 Å². The average molecular weight is 426 g/mol.